The Labute approximate surface area is 411 Å². The van der Waals surface area contributed by atoms with Crippen LogP contribution in [-0.4, -0.2) is 92.0 Å². The lowest BCUT2D eigenvalue weighted by Crippen LogP contribution is -2.41. The number of halogens is 2. The third kappa shape index (κ3) is 11.7. The summed E-state index contributed by atoms with van der Waals surface area (Å²) in [7, 11) is -1.57. The van der Waals surface area contributed by atoms with Gasteiger partial charge in [-0.1, -0.05) is 107 Å². The van der Waals surface area contributed by atoms with Gasteiger partial charge in [0.15, 0.2) is 15.2 Å². The van der Waals surface area contributed by atoms with Crippen LogP contribution in [0.1, 0.15) is 35.1 Å². The lowest BCUT2D eigenvalue weighted by molar-refractivity contribution is -0.387. The molecule has 0 aliphatic carbocycles. The highest BCUT2D eigenvalue weighted by molar-refractivity contribution is 7.89. The molecular weight excluding hydrogens is 970 g/mol. The molecule has 2 unspecified atom stereocenters. The number of carbonyl (C=O) groups is 2. The topological polar surface area (TPSA) is 177 Å². The third-order valence-corrected chi connectivity index (χ3v) is 16.3. The smallest absolute Gasteiger partial charge is 0.309 e. The summed E-state index contributed by atoms with van der Waals surface area (Å²) in [6, 6.07) is 31.7. The SMILES string of the molecule is COC(=O)Cc1cccc(CN(C2CCN(c3nc4ccc(Cl)cc4s3)C2)S(=O)(=O)c2ccccc2[N+](=O)[O-])c1.COC(=O)Cc1cccc(CNC2CCN(c3nc4ccc(Cl)cc4s3)C2)c1. The minimum absolute atomic E-state index is 0.0304. The van der Waals surface area contributed by atoms with E-state index in [4.69, 9.17) is 42.6 Å². The number of fused-ring (bicyclic) bond motifs is 2. The molecule has 2 fully saturated rings. The Morgan fingerprint density at radius 1 is 0.750 bits per heavy atom. The highest BCUT2D eigenvalue weighted by atomic mass is 35.5. The maximum Gasteiger partial charge on any atom is 0.309 e. The molecule has 1 N–H and O–H groups in total. The fraction of sp³-hybridized carbons (Fsp3) is 0.292. The number of aromatic nitrogens is 2. The highest BCUT2D eigenvalue weighted by Gasteiger charge is 2.40. The number of hydrogen-bond acceptors (Lipinski definition) is 15. The van der Waals surface area contributed by atoms with Crippen LogP contribution < -0.4 is 15.1 Å². The third-order valence-electron chi connectivity index (χ3n) is 11.7. The second kappa shape index (κ2) is 21.7. The molecule has 68 heavy (non-hydrogen) atoms. The summed E-state index contributed by atoms with van der Waals surface area (Å²) >= 11 is 15.4. The van der Waals surface area contributed by atoms with Crippen LogP contribution in [0.25, 0.3) is 20.4 Å². The number of ether oxygens (including phenoxy) is 2. The average molecular weight is 1020 g/mol. The number of nitro benzene ring substituents is 1. The van der Waals surface area contributed by atoms with Crippen LogP contribution in [0, 0.1) is 10.1 Å². The maximum atomic E-state index is 14.1. The molecule has 0 saturated carbocycles. The number of rotatable bonds is 15. The molecule has 0 amide bonds. The van der Waals surface area contributed by atoms with Gasteiger partial charge in [0.2, 0.25) is 0 Å². The van der Waals surface area contributed by atoms with Crippen LogP contribution in [0.4, 0.5) is 16.0 Å². The van der Waals surface area contributed by atoms with E-state index in [0.29, 0.717) is 48.1 Å². The fourth-order valence-corrected chi connectivity index (χ4v) is 12.6. The molecule has 0 spiro atoms. The van der Waals surface area contributed by atoms with Crippen molar-refractivity contribution in [1.29, 1.82) is 0 Å². The van der Waals surface area contributed by atoms with Crippen molar-refractivity contribution >= 4 is 104 Å². The first-order valence-corrected chi connectivity index (χ1v) is 25.5. The Morgan fingerprint density at radius 2 is 1.29 bits per heavy atom. The fourth-order valence-electron chi connectivity index (χ4n) is 8.26. The quantitative estimate of drug-likeness (QED) is 0.0585. The highest BCUT2D eigenvalue weighted by Crippen LogP contribution is 2.37. The zero-order valence-electron chi connectivity index (χ0n) is 37.0. The zero-order chi connectivity index (χ0) is 48.0. The Bertz CT molecular complexity index is 3080. The van der Waals surface area contributed by atoms with Crippen LogP contribution in [0.3, 0.4) is 0 Å². The predicted octanol–water partition coefficient (Wildman–Crippen LogP) is 9.08. The van der Waals surface area contributed by atoms with E-state index in [-0.39, 0.29) is 23.8 Å². The summed E-state index contributed by atoms with van der Waals surface area (Å²) in [5.41, 5.74) is 4.81. The number of esters is 2. The molecular formula is C48H47Cl2N7O8S3. The van der Waals surface area contributed by atoms with Crippen molar-refractivity contribution in [3.63, 3.8) is 0 Å². The number of thiazole rings is 2. The standard InChI is InChI=1S/C27H25ClN4O6S2.C21H22ClN3O2S/c1-38-26(33)14-18-5-4-6-19(13-18)16-31(40(36,37)25-8-3-2-7-23(25)32(34)35)21-11-12-30(17-21)27-29-22-10-9-20(28)15-24(22)39-27;1-27-20(26)10-14-3-2-4-15(9-14)12-23-17-7-8-25(13-17)21-24-18-6-5-16(22)11-19(18)28-21/h2-10,13,15,21H,11-12,14,16-17H2,1H3;2-6,9,11,17,23H,7-8,10,12-13H2,1H3. The number of nitrogens with zero attached hydrogens (tertiary/aromatic N) is 6. The van der Waals surface area contributed by atoms with Gasteiger partial charge in [-0.2, -0.15) is 4.31 Å². The molecule has 2 saturated heterocycles. The molecule has 2 aromatic heterocycles. The predicted molar refractivity (Wildman–Crippen MR) is 267 cm³/mol. The molecule has 2 aliphatic rings. The van der Waals surface area contributed by atoms with E-state index in [2.05, 4.69) is 22.3 Å². The van der Waals surface area contributed by atoms with E-state index in [1.807, 2.05) is 47.4 Å². The summed E-state index contributed by atoms with van der Waals surface area (Å²) in [4.78, 5) is 47.8. The van der Waals surface area contributed by atoms with Crippen molar-refractivity contribution in [1.82, 2.24) is 19.6 Å². The molecule has 0 bridgehead atoms. The summed E-state index contributed by atoms with van der Waals surface area (Å²) in [6.45, 7) is 3.60. The van der Waals surface area contributed by atoms with E-state index in [9.17, 15) is 28.1 Å². The number of carbonyl (C=O) groups excluding carboxylic acids is 2. The number of methoxy groups -OCH3 is 2. The van der Waals surface area contributed by atoms with Gasteiger partial charge in [0.1, 0.15) is 0 Å². The maximum absolute atomic E-state index is 14.1. The van der Waals surface area contributed by atoms with Gasteiger partial charge in [-0.15, -0.1) is 0 Å². The molecule has 4 heterocycles. The van der Waals surface area contributed by atoms with Gasteiger partial charge < -0.3 is 24.6 Å². The summed E-state index contributed by atoms with van der Waals surface area (Å²) in [5, 5.41) is 18.5. The number of nitro groups is 1. The second-order valence-corrected chi connectivity index (χ2v) is 21.1. The Morgan fingerprint density at radius 3 is 1.90 bits per heavy atom. The van der Waals surface area contributed by atoms with E-state index in [1.165, 1.54) is 59.7 Å². The van der Waals surface area contributed by atoms with Crippen molar-refractivity contribution in [2.75, 3.05) is 50.2 Å². The Hall–Kier alpha value is -5.73. The molecule has 2 aliphatic heterocycles. The lowest BCUT2D eigenvalue weighted by atomic mass is 10.1. The van der Waals surface area contributed by atoms with Gasteiger partial charge in [0, 0.05) is 67.5 Å². The molecule has 20 heteroatoms. The van der Waals surface area contributed by atoms with Gasteiger partial charge in [-0.05, 0) is 77.6 Å². The monoisotopic (exact) mass is 1020 g/mol. The van der Waals surface area contributed by atoms with E-state index in [0.717, 1.165) is 67.3 Å². The molecule has 0 radical (unpaired) electrons. The van der Waals surface area contributed by atoms with E-state index >= 15 is 0 Å². The largest absolute Gasteiger partial charge is 0.469 e. The van der Waals surface area contributed by atoms with Gasteiger partial charge in [0.25, 0.3) is 15.7 Å². The number of sulfonamides is 1. The average Bonchev–Trinajstić information content (AvgIpc) is 4.17. The number of anilines is 2. The normalized spacial score (nSPS) is 16.0. The number of para-hydroxylation sites is 1. The van der Waals surface area contributed by atoms with Crippen LogP contribution >= 0.6 is 45.9 Å². The van der Waals surface area contributed by atoms with Crippen LogP contribution in [-0.2, 0) is 55.0 Å². The van der Waals surface area contributed by atoms with Gasteiger partial charge in [-0.3, -0.25) is 19.7 Å². The van der Waals surface area contributed by atoms with E-state index < -0.39 is 32.6 Å². The van der Waals surface area contributed by atoms with Gasteiger partial charge in [-0.25, -0.2) is 18.4 Å². The molecule has 15 nitrogen and oxygen atoms in total. The minimum Gasteiger partial charge on any atom is -0.469 e. The minimum atomic E-state index is -4.30. The Balaban J connectivity index is 0.000000196. The zero-order valence-corrected chi connectivity index (χ0v) is 41.0. The first kappa shape index (κ1) is 48.7. The second-order valence-electron chi connectivity index (χ2n) is 16.3. The van der Waals surface area contributed by atoms with Gasteiger partial charge in [0.05, 0.1) is 52.4 Å². The molecule has 7 aromatic rings. The Kier molecular flexibility index (Phi) is 15.5. The lowest BCUT2D eigenvalue weighted by Gasteiger charge is -2.28. The summed E-state index contributed by atoms with van der Waals surface area (Å²) in [5.74, 6) is -0.626. The van der Waals surface area contributed by atoms with Crippen LogP contribution in [0.15, 0.2) is 114 Å². The molecule has 354 valence electrons. The van der Waals surface area contributed by atoms with Crippen molar-refractivity contribution in [2.24, 2.45) is 0 Å². The number of benzene rings is 5. The number of hydrogen-bond donors (Lipinski definition) is 1. The first-order chi connectivity index (χ1) is 32.8. The van der Waals surface area contributed by atoms with Crippen molar-refractivity contribution in [3.8, 4) is 0 Å². The van der Waals surface area contributed by atoms with Crippen molar-refractivity contribution < 1.29 is 32.4 Å². The van der Waals surface area contributed by atoms with Crippen molar-refractivity contribution in [3.05, 3.63) is 152 Å². The molecule has 5 aromatic carbocycles. The van der Waals surface area contributed by atoms with E-state index in [1.54, 1.807) is 41.7 Å². The summed E-state index contributed by atoms with van der Waals surface area (Å²) < 4.78 is 41.1. The van der Waals surface area contributed by atoms with Gasteiger partial charge >= 0.3 is 11.9 Å². The van der Waals surface area contributed by atoms with Crippen molar-refractivity contribution in [2.45, 2.75) is 55.8 Å². The van der Waals surface area contributed by atoms with Crippen LogP contribution in [0.2, 0.25) is 10.0 Å². The van der Waals surface area contributed by atoms with Crippen LogP contribution in [0.5, 0.6) is 0 Å². The molecule has 9 rings (SSSR count). The summed E-state index contributed by atoms with van der Waals surface area (Å²) in [6.07, 6.45) is 1.93. The number of nitrogens with one attached hydrogen (secondary N) is 1. The molecule has 2 atom stereocenters. The first-order valence-electron chi connectivity index (χ1n) is 21.7.